The Morgan fingerprint density at radius 2 is 1.94 bits per heavy atom. The highest BCUT2D eigenvalue weighted by molar-refractivity contribution is 5.87. The van der Waals surface area contributed by atoms with E-state index in [2.05, 4.69) is 9.97 Å². The van der Waals surface area contributed by atoms with E-state index >= 15 is 0 Å². The van der Waals surface area contributed by atoms with Gasteiger partial charge in [0.15, 0.2) is 0 Å². The number of aromatic amines is 2. The van der Waals surface area contributed by atoms with Gasteiger partial charge in [0.2, 0.25) is 0 Å². The summed E-state index contributed by atoms with van der Waals surface area (Å²) in [4.78, 5) is 27.7. The Morgan fingerprint density at radius 1 is 1.19 bits per heavy atom. The number of allylic oxidation sites excluding steroid dienone is 1. The molecule has 0 spiro atoms. The second kappa shape index (κ2) is 3.81. The molecule has 0 bridgehead atoms. The second-order valence-electron chi connectivity index (χ2n) is 3.63. The van der Waals surface area contributed by atoms with Gasteiger partial charge in [-0.1, -0.05) is 18.2 Å². The SMILES string of the molecule is C/C=C\c1c(C)ccc2c(=O)[nH]c(=O)[nH]c12. The summed E-state index contributed by atoms with van der Waals surface area (Å²) in [5, 5.41) is 0.498. The zero-order valence-electron chi connectivity index (χ0n) is 9.13. The van der Waals surface area contributed by atoms with Crippen LogP contribution in [0.25, 0.3) is 17.0 Å². The smallest absolute Gasteiger partial charge is 0.306 e. The first-order valence-corrected chi connectivity index (χ1v) is 5.02. The molecule has 0 fully saturated rings. The van der Waals surface area contributed by atoms with Crippen LogP contribution in [-0.2, 0) is 0 Å². The Kier molecular flexibility index (Phi) is 2.48. The Morgan fingerprint density at radius 3 is 2.62 bits per heavy atom. The minimum atomic E-state index is -0.478. The predicted molar refractivity (Wildman–Crippen MR) is 64.6 cm³/mol. The van der Waals surface area contributed by atoms with Crippen molar-refractivity contribution in [3.05, 3.63) is 50.2 Å². The fraction of sp³-hybridized carbons (Fsp3) is 0.167. The van der Waals surface area contributed by atoms with Crippen LogP contribution in [-0.4, -0.2) is 9.97 Å². The predicted octanol–water partition coefficient (Wildman–Crippen LogP) is 1.56. The third-order valence-corrected chi connectivity index (χ3v) is 2.51. The molecule has 2 aromatic rings. The van der Waals surface area contributed by atoms with E-state index < -0.39 is 5.69 Å². The van der Waals surface area contributed by atoms with Crippen LogP contribution < -0.4 is 11.2 Å². The van der Waals surface area contributed by atoms with Crippen molar-refractivity contribution < 1.29 is 0 Å². The van der Waals surface area contributed by atoms with Gasteiger partial charge in [-0.2, -0.15) is 0 Å². The Balaban J connectivity index is 3.03. The Bertz CT molecular complexity index is 677. The maximum atomic E-state index is 11.6. The van der Waals surface area contributed by atoms with E-state index in [4.69, 9.17) is 0 Å². The highest BCUT2D eigenvalue weighted by Gasteiger charge is 2.05. The summed E-state index contributed by atoms with van der Waals surface area (Å²) in [6, 6.07) is 3.58. The van der Waals surface area contributed by atoms with Gasteiger partial charge in [0.25, 0.3) is 5.56 Å². The van der Waals surface area contributed by atoms with E-state index in [0.717, 1.165) is 11.1 Å². The van der Waals surface area contributed by atoms with Gasteiger partial charge in [0.05, 0.1) is 10.9 Å². The minimum Gasteiger partial charge on any atom is -0.306 e. The van der Waals surface area contributed by atoms with Crippen LogP contribution in [0.4, 0.5) is 0 Å². The van der Waals surface area contributed by atoms with Crippen LogP contribution in [0.2, 0.25) is 0 Å². The molecular formula is C12H12N2O2. The van der Waals surface area contributed by atoms with Crippen molar-refractivity contribution in [2.75, 3.05) is 0 Å². The van der Waals surface area contributed by atoms with Crippen molar-refractivity contribution in [1.29, 1.82) is 0 Å². The molecule has 16 heavy (non-hydrogen) atoms. The Labute approximate surface area is 91.6 Å². The molecule has 1 heterocycles. The minimum absolute atomic E-state index is 0.357. The zero-order chi connectivity index (χ0) is 11.7. The third kappa shape index (κ3) is 1.58. The van der Waals surface area contributed by atoms with Crippen molar-refractivity contribution in [3.63, 3.8) is 0 Å². The fourth-order valence-corrected chi connectivity index (χ4v) is 1.74. The van der Waals surface area contributed by atoms with Crippen LogP contribution in [0.1, 0.15) is 18.1 Å². The molecule has 1 aromatic heterocycles. The molecule has 4 heteroatoms. The van der Waals surface area contributed by atoms with Gasteiger partial charge in [0.1, 0.15) is 0 Å². The summed E-state index contributed by atoms with van der Waals surface area (Å²) in [5.74, 6) is 0. The summed E-state index contributed by atoms with van der Waals surface area (Å²) in [5.41, 5.74) is 1.65. The average molecular weight is 216 g/mol. The van der Waals surface area contributed by atoms with E-state index in [1.165, 1.54) is 0 Å². The highest BCUT2D eigenvalue weighted by atomic mass is 16.2. The highest BCUT2D eigenvalue weighted by Crippen LogP contribution is 2.18. The van der Waals surface area contributed by atoms with Gasteiger partial charge in [-0.25, -0.2) is 4.79 Å². The molecule has 0 radical (unpaired) electrons. The first-order valence-electron chi connectivity index (χ1n) is 5.02. The number of hydrogen-bond donors (Lipinski definition) is 2. The maximum Gasteiger partial charge on any atom is 0.326 e. The van der Waals surface area contributed by atoms with Crippen LogP contribution >= 0.6 is 0 Å². The molecule has 0 aliphatic carbocycles. The van der Waals surface area contributed by atoms with Gasteiger partial charge in [-0.05, 0) is 25.5 Å². The number of fused-ring (bicyclic) bond motifs is 1. The molecule has 0 atom stereocenters. The van der Waals surface area contributed by atoms with Crippen molar-refractivity contribution in [2.45, 2.75) is 13.8 Å². The monoisotopic (exact) mass is 216 g/mol. The van der Waals surface area contributed by atoms with Gasteiger partial charge >= 0.3 is 5.69 Å². The van der Waals surface area contributed by atoms with Gasteiger partial charge in [-0.15, -0.1) is 0 Å². The molecule has 0 saturated carbocycles. The van der Waals surface area contributed by atoms with Crippen LogP contribution in [0.5, 0.6) is 0 Å². The average Bonchev–Trinajstić information content (AvgIpc) is 2.22. The number of aryl methyl sites for hydroxylation is 1. The summed E-state index contributed by atoms with van der Waals surface area (Å²) in [6.45, 7) is 3.83. The number of benzene rings is 1. The number of nitrogens with one attached hydrogen (secondary N) is 2. The second-order valence-corrected chi connectivity index (χ2v) is 3.63. The summed E-state index contributed by atoms with van der Waals surface area (Å²) >= 11 is 0. The topological polar surface area (TPSA) is 65.7 Å². The molecule has 0 saturated heterocycles. The molecule has 0 aliphatic rings. The number of aromatic nitrogens is 2. The number of rotatable bonds is 1. The molecule has 0 aliphatic heterocycles. The fourth-order valence-electron chi connectivity index (χ4n) is 1.74. The summed E-state index contributed by atoms with van der Waals surface area (Å²) in [7, 11) is 0. The van der Waals surface area contributed by atoms with Gasteiger partial charge in [-0.3, -0.25) is 9.78 Å². The van der Waals surface area contributed by atoms with E-state index in [1.807, 2.05) is 32.1 Å². The quantitative estimate of drug-likeness (QED) is 0.759. The lowest BCUT2D eigenvalue weighted by atomic mass is 10.0. The number of H-pyrrole nitrogens is 2. The van der Waals surface area contributed by atoms with E-state index in [9.17, 15) is 9.59 Å². The maximum absolute atomic E-state index is 11.6. The van der Waals surface area contributed by atoms with Gasteiger partial charge in [0, 0.05) is 5.56 Å². The lowest BCUT2D eigenvalue weighted by molar-refractivity contribution is 1.08. The molecule has 0 unspecified atom stereocenters. The van der Waals surface area contributed by atoms with Crippen LogP contribution in [0.3, 0.4) is 0 Å². The van der Waals surface area contributed by atoms with Gasteiger partial charge < -0.3 is 4.98 Å². The normalized spacial score (nSPS) is 11.4. The van der Waals surface area contributed by atoms with Crippen molar-refractivity contribution >= 4 is 17.0 Å². The van der Waals surface area contributed by atoms with Crippen LogP contribution in [0, 0.1) is 6.92 Å². The first kappa shape index (κ1) is 10.4. The molecule has 4 nitrogen and oxygen atoms in total. The van der Waals surface area contributed by atoms with E-state index in [1.54, 1.807) is 6.07 Å². The first-order chi connectivity index (χ1) is 7.63. The van der Waals surface area contributed by atoms with Crippen molar-refractivity contribution in [2.24, 2.45) is 0 Å². The van der Waals surface area contributed by atoms with Crippen molar-refractivity contribution in [3.8, 4) is 0 Å². The summed E-state index contributed by atoms with van der Waals surface area (Å²) in [6.07, 6.45) is 3.76. The molecule has 1 aromatic carbocycles. The molecule has 2 rings (SSSR count). The van der Waals surface area contributed by atoms with Crippen molar-refractivity contribution in [1.82, 2.24) is 9.97 Å². The standard InChI is InChI=1S/C12H12N2O2/c1-3-4-8-7(2)5-6-9-10(8)13-12(16)14-11(9)15/h3-6H,1-2H3,(H2,13,14,15,16)/b4-3-. The number of hydrogen-bond acceptors (Lipinski definition) is 2. The van der Waals surface area contributed by atoms with E-state index in [0.29, 0.717) is 10.9 Å². The van der Waals surface area contributed by atoms with E-state index in [-0.39, 0.29) is 5.56 Å². The molecule has 82 valence electrons. The largest absolute Gasteiger partial charge is 0.326 e. The third-order valence-electron chi connectivity index (χ3n) is 2.51. The molecule has 2 N–H and O–H groups in total. The zero-order valence-corrected chi connectivity index (χ0v) is 9.13. The molecule has 0 amide bonds. The summed E-state index contributed by atoms with van der Waals surface area (Å²) < 4.78 is 0. The lowest BCUT2D eigenvalue weighted by Gasteiger charge is -2.04. The van der Waals surface area contributed by atoms with Crippen LogP contribution in [0.15, 0.2) is 27.8 Å². The lowest BCUT2D eigenvalue weighted by Crippen LogP contribution is -2.22. The molecular weight excluding hydrogens is 204 g/mol. The Hall–Kier alpha value is -2.10.